The van der Waals surface area contributed by atoms with Gasteiger partial charge in [0.2, 0.25) is 19.1 Å². The fourth-order valence-electron chi connectivity index (χ4n) is 4.02. The summed E-state index contributed by atoms with van der Waals surface area (Å²) in [7, 11) is 1.47. The number of methoxy groups -OCH3 is 1. The molecule has 2 rings (SSSR count). The summed E-state index contributed by atoms with van der Waals surface area (Å²) in [6.07, 6.45) is 1.95. The molecule has 8 heteroatoms. The molecule has 0 N–H and O–H groups in total. The van der Waals surface area contributed by atoms with Crippen LogP contribution in [0, 0.1) is 21.4 Å². The van der Waals surface area contributed by atoms with E-state index in [1.54, 1.807) is 19.1 Å². The molecular formula is C22H31NO7. The predicted octanol–water partition coefficient (Wildman–Crippen LogP) is 4.17. The lowest BCUT2D eigenvalue weighted by molar-refractivity contribution is -0.484. The maximum atomic E-state index is 12.9. The van der Waals surface area contributed by atoms with Crippen molar-refractivity contribution >= 4 is 11.6 Å². The molecule has 2 unspecified atom stereocenters. The first-order valence-corrected chi connectivity index (χ1v) is 10.2. The Labute approximate surface area is 177 Å². The highest BCUT2D eigenvalue weighted by atomic mass is 16.7. The average molecular weight is 421 g/mol. The zero-order valence-corrected chi connectivity index (χ0v) is 18.4. The van der Waals surface area contributed by atoms with Gasteiger partial charge in [-0.2, -0.15) is 0 Å². The highest BCUT2D eigenvalue weighted by molar-refractivity contribution is 6.00. The Balaban J connectivity index is 2.22. The minimum Gasteiger partial charge on any atom is -0.493 e. The van der Waals surface area contributed by atoms with Gasteiger partial charge in [0, 0.05) is 17.3 Å². The van der Waals surface area contributed by atoms with Gasteiger partial charge >= 0.3 is 0 Å². The van der Waals surface area contributed by atoms with Crippen LogP contribution >= 0.6 is 0 Å². The molecule has 1 aliphatic heterocycles. The number of ketones is 2. The lowest BCUT2D eigenvalue weighted by atomic mass is 9.79. The Morgan fingerprint density at radius 3 is 2.60 bits per heavy atom. The second-order valence-electron chi connectivity index (χ2n) is 8.64. The van der Waals surface area contributed by atoms with E-state index in [1.165, 1.54) is 7.11 Å². The topological polar surface area (TPSA) is 105 Å². The number of hydrogen-bond donors (Lipinski definition) is 0. The zero-order valence-electron chi connectivity index (χ0n) is 18.4. The zero-order chi connectivity index (χ0) is 22.5. The molecule has 0 bridgehead atoms. The fourth-order valence-corrected chi connectivity index (χ4v) is 4.02. The lowest BCUT2D eigenvalue weighted by Crippen LogP contribution is -2.28. The summed E-state index contributed by atoms with van der Waals surface area (Å²) in [6.45, 7) is 7.31. The fraction of sp³-hybridized carbons (Fsp3) is 0.636. The normalized spacial score (nSPS) is 14.8. The van der Waals surface area contributed by atoms with Gasteiger partial charge in [0.25, 0.3) is 0 Å². The molecule has 8 nitrogen and oxygen atoms in total. The maximum Gasteiger partial charge on any atom is 0.231 e. The molecule has 1 aromatic rings. The SMILES string of the molecule is CCCC(C)(C)CC(=O)CC(=O)C(C)C(C[N+](=O)[O-])c1cc(OC)c2c(c1)OCO2. The van der Waals surface area contributed by atoms with Gasteiger partial charge in [-0.3, -0.25) is 19.7 Å². The van der Waals surface area contributed by atoms with Crippen LogP contribution in [0.5, 0.6) is 17.2 Å². The van der Waals surface area contributed by atoms with Gasteiger partial charge in [-0.05, 0) is 29.5 Å². The van der Waals surface area contributed by atoms with Gasteiger partial charge in [-0.1, -0.05) is 34.1 Å². The van der Waals surface area contributed by atoms with Gasteiger partial charge in [-0.25, -0.2) is 0 Å². The Hall–Kier alpha value is -2.64. The van der Waals surface area contributed by atoms with Gasteiger partial charge in [0.05, 0.1) is 19.4 Å². The quantitative estimate of drug-likeness (QED) is 0.283. The largest absolute Gasteiger partial charge is 0.493 e. The molecule has 1 heterocycles. The molecule has 0 amide bonds. The van der Waals surface area contributed by atoms with Gasteiger partial charge in [0.15, 0.2) is 11.5 Å². The van der Waals surface area contributed by atoms with Crippen LogP contribution in [0.2, 0.25) is 0 Å². The number of rotatable bonds is 12. The molecule has 0 aromatic heterocycles. The number of nitro groups is 1. The van der Waals surface area contributed by atoms with Crippen molar-refractivity contribution in [2.75, 3.05) is 20.4 Å². The molecule has 0 saturated carbocycles. The minimum atomic E-state index is -0.715. The van der Waals surface area contributed by atoms with Crippen molar-refractivity contribution in [1.82, 2.24) is 0 Å². The van der Waals surface area contributed by atoms with E-state index in [9.17, 15) is 19.7 Å². The van der Waals surface area contributed by atoms with Crippen LogP contribution in [-0.2, 0) is 9.59 Å². The van der Waals surface area contributed by atoms with Crippen LogP contribution in [-0.4, -0.2) is 36.9 Å². The third kappa shape index (κ3) is 5.93. The standard InChI is InChI=1S/C22H31NO7/c1-6-7-22(3,4)11-16(24)10-18(25)14(2)17(12-23(26)27)15-8-19(28-5)21-20(9-15)29-13-30-21/h8-9,14,17H,6-7,10-13H2,1-5H3. The molecule has 1 aromatic carbocycles. The third-order valence-corrected chi connectivity index (χ3v) is 5.54. The first-order valence-electron chi connectivity index (χ1n) is 10.2. The van der Waals surface area contributed by atoms with Crippen LogP contribution in [0.1, 0.15) is 64.9 Å². The monoisotopic (exact) mass is 421 g/mol. The summed E-state index contributed by atoms with van der Waals surface area (Å²) in [4.78, 5) is 36.2. The summed E-state index contributed by atoms with van der Waals surface area (Å²) in [5.74, 6) is -0.594. The number of ether oxygens (including phenoxy) is 3. The average Bonchev–Trinajstić information content (AvgIpc) is 3.12. The molecule has 2 atom stereocenters. The first kappa shape index (κ1) is 23.6. The van der Waals surface area contributed by atoms with Crippen molar-refractivity contribution in [3.63, 3.8) is 0 Å². The number of carbonyl (C=O) groups excluding carboxylic acids is 2. The van der Waals surface area contributed by atoms with E-state index in [-0.39, 0.29) is 30.2 Å². The summed E-state index contributed by atoms with van der Waals surface area (Å²) in [6, 6.07) is 3.28. The van der Waals surface area contributed by atoms with Crippen molar-refractivity contribution in [3.8, 4) is 17.2 Å². The van der Waals surface area contributed by atoms with Crippen molar-refractivity contribution < 1.29 is 28.7 Å². The second-order valence-corrected chi connectivity index (χ2v) is 8.64. The molecule has 30 heavy (non-hydrogen) atoms. The predicted molar refractivity (Wildman–Crippen MR) is 111 cm³/mol. The van der Waals surface area contributed by atoms with Crippen molar-refractivity contribution in [2.45, 2.75) is 59.3 Å². The van der Waals surface area contributed by atoms with Crippen molar-refractivity contribution in [2.24, 2.45) is 11.3 Å². The molecule has 1 aliphatic rings. The second kappa shape index (κ2) is 9.91. The highest BCUT2D eigenvalue weighted by Gasteiger charge is 2.34. The van der Waals surface area contributed by atoms with E-state index in [0.717, 1.165) is 12.8 Å². The molecule has 0 radical (unpaired) electrons. The van der Waals surface area contributed by atoms with Crippen LogP contribution in [0.25, 0.3) is 0 Å². The molecule has 0 aliphatic carbocycles. The van der Waals surface area contributed by atoms with E-state index in [0.29, 0.717) is 29.2 Å². The van der Waals surface area contributed by atoms with E-state index in [1.807, 2.05) is 13.8 Å². The van der Waals surface area contributed by atoms with Crippen molar-refractivity contribution in [3.05, 3.63) is 27.8 Å². The Kier molecular flexibility index (Phi) is 7.81. The van der Waals surface area contributed by atoms with E-state index in [4.69, 9.17) is 14.2 Å². The number of carbonyl (C=O) groups is 2. The highest BCUT2D eigenvalue weighted by Crippen LogP contribution is 2.44. The Bertz CT molecular complexity index is 803. The molecule has 0 saturated heterocycles. The summed E-state index contributed by atoms with van der Waals surface area (Å²) in [5, 5.41) is 11.3. The summed E-state index contributed by atoms with van der Waals surface area (Å²) in [5.41, 5.74) is 0.382. The van der Waals surface area contributed by atoms with Crippen LogP contribution < -0.4 is 14.2 Å². The number of benzene rings is 1. The minimum absolute atomic E-state index is 0.0333. The molecule has 166 valence electrons. The van der Waals surface area contributed by atoms with Crippen LogP contribution in [0.4, 0.5) is 0 Å². The van der Waals surface area contributed by atoms with Gasteiger partial charge < -0.3 is 14.2 Å². The smallest absolute Gasteiger partial charge is 0.231 e. The number of nitrogens with zero attached hydrogens (tertiary/aromatic N) is 1. The summed E-state index contributed by atoms with van der Waals surface area (Å²) >= 11 is 0. The van der Waals surface area contributed by atoms with E-state index >= 15 is 0 Å². The molecule has 0 spiro atoms. The molecular weight excluding hydrogens is 390 g/mol. The first-order chi connectivity index (χ1) is 14.1. The van der Waals surface area contributed by atoms with E-state index in [2.05, 4.69) is 6.92 Å². The van der Waals surface area contributed by atoms with Crippen LogP contribution in [0.3, 0.4) is 0 Å². The number of Topliss-reactive ketones (excluding diaryl/α,β-unsaturated/α-hetero) is 2. The van der Waals surface area contributed by atoms with Gasteiger partial charge in [0.1, 0.15) is 11.6 Å². The van der Waals surface area contributed by atoms with Crippen LogP contribution in [0.15, 0.2) is 12.1 Å². The maximum absolute atomic E-state index is 12.9. The van der Waals surface area contributed by atoms with Crippen molar-refractivity contribution in [1.29, 1.82) is 0 Å². The lowest BCUT2D eigenvalue weighted by Gasteiger charge is -2.24. The number of hydrogen-bond acceptors (Lipinski definition) is 7. The number of fused-ring (bicyclic) bond motifs is 1. The Morgan fingerprint density at radius 1 is 1.30 bits per heavy atom. The van der Waals surface area contributed by atoms with Gasteiger partial charge in [-0.15, -0.1) is 0 Å². The third-order valence-electron chi connectivity index (χ3n) is 5.54. The summed E-state index contributed by atoms with van der Waals surface area (Å²) < 4.78 is 16.1. The van der Waals surface area contributed by atoms with E-state index < -0.39 is 23.3 Å². The molecule has 0 fully saturated rings. The Morgan fingerprint density at radius 2 is 2.00 bits per heavy atom.